The van der Waals surface area contributed by atoms with Gasteiger partial charge in [-0.15, -0.1) is 10.2 Å². The van der Waals surface area contributed by atoms with Crippen LogP contribution in [0.4, 0.5) is 4.39 Å². The number of halogens is 3. The van der Waals surface area contributed by atoms with Crippen molar-refractivity contribution in [1.82, 2.24) is 19.7 Å². The number of morpholine rings is 1. The lowest BCUT2D eigenvalue weighted by atomic mass is 10.2. The summed E-state index contributed by atoms with van der Waals surface area (Å²) in [5.74, 6) is 1.16. The topological polar surface area (TPSA) is 43.2 Å². The van der Waals surface area contributed by atoms with Crippen LogP contribution in [0.5, 0.6) is 0 Å². The van der Waals surface area contributed by atoms with Gasteiger partial charge in [0, 0.05) is 37.5 Å². The molecular formula is C21H21Cl2FN4OS. The van der Waals surface area contributed by atoms with Crippen molar-refractivity contribution < 1.29 is 9.13 Å². The van der Waals surface area contributed by atoms with Gasteiger partial charge in [-0.25, -0.2) is 4.39 Å². The molecule has 0 atom stereocenters. The van der Waals surface area contributed by atoms with E-state index in [0.717, 1.165) is 61.5 Å². The number of rotatable bonds is 7. The van der Waals surface area contributed by atoms with Crippen LogP contribution in [0.25, 0.3) is 11.4 Å². The third kappa shape index (κ3) is 5.34. The molecule has 0 amide bonds. The smallest absolute Gasteiger partial charge is 0.191 e. The lowest BCUT2D eigenvalue weighted by molar-refractivity contribution is 0.0361. The number of ether oxygens (including phenoxy) is 1. The average molecular weight is 467 g/mol. The average Bonchev–Trinajstić information content (AvgIpc) is 3.17. The van der Waals surface area contributed by atoms with Gasteiger partial charge in [-0.05, 0) is 42.0 Å². The van der Waals surface area contributed by atoms with Crippen molar-refractivity contribution in [3.05, 3.63) is 63.9 Å². The summed E-state index contributed by atoms with van der Waals surface area (Å²) in [4.78, 5) is 2.37. The first kappa shape index (κ1) is 21.6. The predicted molar refractivity (Wildman–Crippen MR) is 119 cm³/mol. The molecule has 4 rings (SSSR count). The maximum atomic E-state index is 13.4. The molecule has 0 unspecified atom stereocenters. The Morgan fingerprint density at radius 2 is 1.73 bits per heavy atom. The highest BCUT2D eigenvalue weighted by atomic mass is 35.5. The summed E-state index contributed by atoms with van der Waals surface area (Å²) in [5, 5.41) is 10.7. The molecule has 2 heterocycles. The maximum absolute atomic E-state index is 13.4. The van der Waals surface area contributed by atoms with Crippen molar-refractivity contribution in [1.29, 1.82) is 0 Å². The van der Waals surface area contributed by atoms with Gasteiger partial charge in [-0.2, -0.15) is 0 Å². The Morgan fingerprint density at radius 1 is 0.967 bits per heavy atom. The highest BCUT2D eigenvalue weighted by Gasteiger charge is 2.17. The second kappa shape index (κ2) is 10.1. The van der Waals surface area contributed by atoms with Gasteiger partial charge in [0.2, 0.25) is 0 Å². The number of hydrogen-bond donors (Lipinski definition) is 0. The van der Waals surface area contributed by atoms with Crippen molar-refractivity contribution in [2.24, 2.45) is 0 Å². The van der Waals surface area contributed by atoms with E-state index in [1.54, 1.807) is 30.0 Å². The van der Waals surface area contributed by atoms with Crippen molar-refractivity contribution >= 4 is 35.0 Å². The van der Waals surface area contributed by atoms with Gasteiger partial charge in [0.25, 0.3) is 0 Å². The zero-order valence-corrected chi connectivity index (χ0v) is 18.6. The van der Waals surface area contributed by atoms with E-state index in [2.05, 4.69) is 19.7 Å². The summed E-state index contributed by atoms with van der Waals surface area (Å²) < 4.78 is 20.9. The third-order valence-electron chi connectivity index (χ3n) is 4.91. The largest absolute Gasteiger partial charge is 0.379 e. The van der Waals surface area contributed by atoms with Gasteiger partial charge >= 0.3 is 0 Å². The molecule has 1 aliphatic rings. The normalized spacial score (nSPS) is 14.9. The molecule has 5 nitrogen and oxygen atoms in total. The number of nitrogens with zero attached hydrogens (tertiary/aromatic N) is 4. The summed E-state index contributed by atoms with van der Waals surface area (Å²) in [6.07, 6.45) is 0. The molecule has 0 spiro atoms. The van der Waals surface area contributed by atoms with Crippen LogP contribution < -0.4 is 0 Å². The van der Waals surface area contributed by atoms with Gasteiger partial charge in [-0.3, -0.25) is 4.90 Å². The second-order valence-corrected chi connectivity index (χ2v) is 8.71. The SMILES string of the molecule is Fc1ccc(-c2nnc(SCc3ccc(Cl)c(Cl)c3)n2CCN2CCOCC2)cc1. The van der Waals surface area contributed by atoms with Crippen LogP contribution in [0.15, 0.2) is 47.6 Å². The quantitative estimate of drug-likeness (QED) is 0.457. The molecule has 0 N–H and O–H groups in total. The van der Waals surface area contributed by atoms with Gasteiger partial charge in [0.1, 0.15) is 5.82 Å². The molecule has 30 heavy (non-hydrogen) atoms. The van der Waals surface area contributed by atoms with Crippen LogP contribution in [-0.4, -0.2) is 52.5 Å². The Hall–Kier alpha value is -1.64. The van der Waals surface area contributed by atoms with E-state index in [1.807, 2.05) is 12.1 Å². The zero-order valence-electron chi connectivity index (χ0n) is 16.2. The number of aromatic nitrogens is 3. The molecule has 3 aromatic rings. The number of thioether (sulfide) groups is 1. The standard InChI is InChI=1S/C21H21Cl2FN4OS/c22-18-6-1-15(13-19(18)23)14-30-21-26-25-20(16-2-4-17(24)5-3-16)28(21)8-7-27-9-11-29-12-10-27/h1-6,13H,7-12,14H2. The summed E-state index contributed by atoms with van der Waals surface area (Å²) in [5.41, 5.74) is 1.90. The molecular weight excluding hydrogens is 446 g/mol. The Morgan fingerprint density at radius 3 is 2.47 bits per heavy atom. The van der Waals surface area contributed by atoms with E-state index in [4.69, 9.17) is 27.9 Å². The molecule has 0 saturated carbocycles. The van der Waals surface area contributed by atoms with Crippen LogP contribution in [0.3, 0.4) is 0 Å². The van der Waals surface area contributed by atoms with Crippen LogP contribution >= 0.6 is 35.0 Å². The molecule has 0 radical (unpaired) electrons. The molecule has 0 bridgehead atoms. The lowest BCUT2D eigenvalue weighted by Crippen LogP contribution is -2.38. The van der Waals surface area contributed by atoms with Crippen molar-refractivity contribution in [2.45, 2.75) is 17.5 Å². The third-order valence-corrected chi connectivity index (χ3v) is 6.69. The predicted octanol–water partition coefficient (Wildman–Crippen LogP) is 5.02. The van der Waals surface area contributed by atoms with Crippen molar-refractivity contribution in [3.8, 4) is 11.4 Å². The van der Waals surface area contributed by atoms with E-state index in [1.165, 1.54) is 12.1 Å². The fraction of sp³-hybridized carbons (Fsp3) is 0.333. The van der Waals surface area contributed by atoms with Crippen LogP contribution in [0.2, 0.25) is 10.0 Å². The summed E-state index contributed by atoms with van der Waals surface area (Å²) in [7, 11) is 0. The maximum Gasteiger partial charge on any atom is 0.191 e. The Balaban J connectivity index is 1.54. The molecule has 2 aromatic carbocycles. The first-order valence-corrected chi connectivity index (χ1v) is 11.4. The van der Waals surface area contributed by atoms with Gasteiger partial charge in [-0.1, -0.05) is 41.0 Å². The first-order valence-electron chi connectivity index (χ1n) is 9.66. The minimum atomic E-state index is -0.271. The summed E-state index contributed by atoms with van der Waals surface area (Å²) >= 11 is 13.7. The number of hydrogen-bond acceptors (Lipinski definition) is 5. The summed E-state index contributed by atoms with van der Waals surface area (Å²) in [6, 6.07) is 12.0. The Bertz CT molecular complexity index is 993. The fourth-order valence-corrected chi connectivity index (χ4v) is 4.48. The Labute approximate surface area is 189 Å². The van der Waals surface area contributed by atoms with Crippen LogP contribution in [-0.2, 0) is 17.0 Å². The molecule has 0 aliphatic carbocycles. The van der Waals surface area contributed by atoms with E-state index in [-0.39, 0.29) is 5.82 Å². The zero-order chi connectivity index (χ0) is 20.9. The van der Waals surface area contributed by atoms with E-state index in [0.29, 0.717) is 15.8 Å². The molecule has 1 aromatic heterocycles. The van der Waals surface area contributed by atoms with E-state index < -0.39 is 0 Å². The van der Waals surface area contributed by atoms with Crippen molar-refractivity contribution in [2.75, 3.05) is 32.8 Å². The highest BCUT2D eigenvalue weighted by Crippen LogP contribution is 2.29. The minimum absolute atomic E-state index is 0.271. The van der Waals surface area contributed by atoms with Gasteiger partial charge in [0.15, 0.2) is 11.0 Å². The lowest BCUT2D eigenvalue weighted by Gasteiger charge is -2.27. The molecule has 1 saturated heterocycles. The first-order chi connectivity index (χ1) is 14.6. The van der Waals surface area contributed by atoms with Crippen LogP contribution in [0, 0.1) is 5.82 Å². The highest BCUT2D eigenvalue weighted by molar-refractivity contribution is 7.98. The molecule has 158 valence electrons. The summed E-state index contributed by atoms with van der Waals surface area (Å²) in [6.45, 7) is 4.96. The van der Waals surface area contributed by atoms with E-state index >= 15 is 0 Å². The van der Waals surface area contributed by atoms with E-state index in [9.17, 15) is 4.39 Å². The fourth-order valence-electron chi connectivity index (χ4n) is 3.25. The molecule has 9 heteroatoms. The second-order valence-electron chi connectivity index (χ2n) is 6.96. The van der Waals surface area contributed by atoms with Crippen molar-refractivity contribution in [3.63, 3.8) is 0 Å². The Kier molecular flexibility index (Phi) is 7.28. The minimum Gasteiger partial charge on any atom is -0.379 e. The van der Waals surface area contributed by atoms with Crippen LogP contribution in [0.1, 0.15) is 5.56 Å². The molecule has 1 aliphatic heterocycles. The molecule has 1 fully saturated rings. The number of benzene rings is 2. The monoisotopic (exact) mass is 466 g/mol. The van der Waals surface area contributed by atoms with Gasteiger partial charge < -0.3 is 9.30 Å². The van der Waals surface area contributed by atoms with Gasteiger partial charge in [0.05, 0.1) is 23.3 Å².